The van der Waals surface area contributed by atoms with E-state index in [9.17, 15) is 4.39 Å². The van der Waals surface area contributed by atoms with Crippen LogP contribution < -0.4 is 5.32 Å². The molecule has 0 radical (unpaired) electrons. The van der Waals surface area contributed by atoms with E-state index in [0.717, 1.165) is 28.5 Å². The van der Waals surface area contributed by atoms with Crippen molar-refractivity contribution in [2.45, 2.75) is 13.8 Å². The molecule has 0 unspecified atom stereocenters. The van der Waals surface area contributed by atoms with Gasteiger partial charge in [-0.3, -0.25) is 4.68 Å². The maximum Gasteiger partial charge on any atom is 0.159 e. The molecule has 0 aliphatic rings. The number of rotatable bonds is 4. The van der Waals surface area contributed by atoms with Crippen LogP contribution in [0.3, 0.4) is 0 Å². The van der Waals surface area contributed by atoms with Crippen LogP contribution in [-0.2, 0) is 7.05 Å². The molecule has 0 amide bonds. The molecule has 1 N–H and O–H groups in total. The first-order valence-electron chi connectivity index (χ1n) is 8.42. The lowest BCUT2D eigenvalue weighted by atomic mass is 10.1. The van der Waals surface area contributed by atoms with Gasteiger partial charge in [-0.15, -0.1) is 0 Å². The van der Waals surface area contributed by atoms with Crippen molar-refractivity contribution in [2.75, 3.05) is 5.32 Å². The predicted octanol–water partition coefficient (Wildman–Crippen LogP) is 3.56. The summed E-state index contributed by atoms with van der Waals surface area (Å²) in [6.45, 7) is 3.92. The molecule has 0 atom stereocenters. The van der Waals surface area contributed by atoms with Gasteiger partial charge in [0, 0.05) is 30.4 Å². The maximum atomic E-state index is 13.1. The fourth-order valence-corrected chi connectivity index (χ4v) is 2.87. The summed E-state index contributed by atoms with van der Waals surface area (Å²) in [5.74, 6) is 1.79. The summed E-state index contributed by atoms with van der Waals surface area (Å²) in [6, 6.07) is 11.9. The highest BCUT2D eigenvalue weighted by Gasteiger charge is 2.10. The number of aryl methyl sites for hydroxylation is 3. The zero-order valence-electron chi connectivity index (χ0n) is 15.2. The second kappa shape index (κ2) is 6.64. The summed E-state index contributed by atoms with van der Waals surface area (Å²) in [6.07, 6.45) is 1.49. The number of nitrogens with zero attached hydrogens (tertiary/aromatic N) is 6. The van der Waals surface area contributed by atoms with Crippen molar-refractivity contribution in [1.29, 1.82) is 0 Å². The number of nitrogens with one attached hydrogen (secondary N) is 1. The van der Waals surface area contributed by atoms with Gasteiger partial charge in [-0.1, -0.05) is 0 Å². The molecule has 0 fully saturated rings. The van der Waals surface area contributed by atoms with Gasteiger partial charge in [0.1, 0.15) is 23.8 Å². The number of hydrogen-bond acceptors (Lipinski definition) is 5. The average Bonchev–Trinajstić information content (AvgIpc) is 3.18. The van der Waals surface area contributed by atoms with Gasteiger partial charge >= 0.3 is 0 Å². The first-order chi connectivity index (χ1) is 13.0. The number of hydrogen-bond donors (Lipinski definition) is 1. The van der Waals surface area contributed by atoms with E-state index in [1.54, 1.807) is 21.5 Å². The molecule has 0 aliphatic heterocycles. The van der Waals surface area contributed by atoms with E-state index in [2.05, 4.69) is 25.5 Å². The van der Waals surface area contributed by atoms with Crippen LogP contribution in [0.25, 0.3) is 17.1 Å². The second-order valence-corrected chi connectivity index (χ2v) is 6.27. The highest BCUT2D eigenvalue weighted by molar-refractivity contribution is 5.65. The van der Waals surface area contributed by atoms with Crippen LogP contribution in [0.1, 0.15) is 11.4 Å². The quantitative estimate of drug-likeness (QED) is 0.600. The van der Waals surface area contributed by atoms with Crippen LogP contribution in [0, 0.1) is 19.7 Å². The molecule has 4 aromatic rings. The SMILES string of the molecule is Cc1cc(C)n(-c2cc(Nc3cc(-c4ccc(F)cc4)nn3C)ncn2)n1. The van der Waals surface area contributed by atoms with Gasteiger partial charge in [0.05, 0.1) is 11.4 Å². The minimum Gasteiger partial charge on any atom is -0.325 e. The highest BCUT2D eigenvalue weighted by Crippen LogP contribution is 2.24. The molecule has 136 valence electrons. The maximum absolute atomic E-state index is 13.1. The molecule has 7 nitrogen and oxygen atoms in total. The molecule has 0 aliphatic carbocycles. The van der Waals surface area contributed by atoms with E-state index in [-0.39, 0.29) is 5.82 Å². The van der Waals surface area contributed by atoms with Gasteiger partial charge < -0.3 is 5.32 Å². The molecule has 0 saturated heterocycles. The van der Waals surface area contributed by atoms with E-state index in [4.69, 9.17) is 0 Å². The van der Waals surface area contributed by atoms with Gasteiger partial charge in [-0.25, -0.2) is 19.0 Å². The molecule has 4 rings (SSSR count). The van der Waals surface area contributed by atoms with Crippen LogP contribution >= 0.6 is 0 Å². The van der Waals surface area contributed by atoms with Crippen LogP contribution in [-0.4, -0.2) is 29.5 Å². The third-order valence-corrected chi connectivity index (χ3v) is 4.16. The molecule has 3 aromatic heterocycles. The van der Waals surface area contributed by atoms with Crippen molar-refractivity contribution in [3.8, 4) is 17.1 Å². The van der Waals surface area contributed by atoms with Gasteiger partial charge in [-0.05, 0) is 44.2 Å². The molecule has 1 aromatic carbocycles. The lowest BCUT2D eigenvalue weighted by molar-refractivity contribution is 0.628. The Balaban J connectivity index is 1.62. The number of benzene rings is 1. The molecule has 0 spiro atoms. The van der Waals surface area contributed by atoms with Gasteiger partial charge in [0.25, 0.3) is 0 Å². The second-order valence-electron chi connectivity index (χ2n) is 6.27. The van der Waals surface area contributed by atoms with Crippen LogP contribution in [0.4, 0.5) is 16.0 Å². The summed E-state index contributed by atoms with van der Waals surface area (Å²) in [5.41, 5.74) is 3.51. The van der Waals surface area contributed by atoms with Crippen molar-refractivity contribution in [2.24, 2.45) is 7.05 Å². The Morgan fingerprint density at radius 1 is 0.963 bits per heavy atom. The van der Waals surface area contributed by atoms with E-state index in [1.807, 2.05) is 39.1 Å². The summed E-state index contributed by atoms with van der Waals surface area (Å²) < 4.78 is 16.6. The Kier molecular flexibility index (Phi) is 4.15. The predicted molar refractivity (Wildman–Crippen MR) is 101 cm³/mol. The molecular formula is C19H18FN7. The third kappa shape index (κ3) is 3.41. The summed E-state index contributed by atoms with van der Waals surface area (Å²) >= 11 is 0. The zero-order chi connectivity index (χ0) is 19.0. The zero-order valence-corrected chi connectivity index (χ0v) is 15.2. The Labute approximate surface area is 155 Å². The Bertz CT molecular complexity index is 1100. The monoisotopic (exact) mass is 363 g/mol. The topological polar surface area (TPSA) is 73.5 Å². The van der Waals surface area contributed by atoms with Gasteiger partial charge in [0.2, 0.25) is 0 Å². The Hall–Kier alpha value is -3.55. The first-order valence-corrected chi connectivity index (χ1v) is 8.42. The standard InChI is InChI=1S/C19H18FN7/c1-12-8-13(2)27(24-12)18-10-17(21-11-22-18)23-19-9-16(25-26(19)3)14-4-6-15(20)7-5-14/h4-11H,1-3H3,(H,21,22,23). The minimum atomic E-state index is -0.273. The van der Waals surface area contributed by atoms with Crippen LogP contribution in [0.2, 0.25) is 0 Å². The lowest BCUT2D eigenvalue weighted by Crippen LogP contribution is -2.05. The van der Waals surface area contributed by atoms with Crippen molar-refractivity contribution >= 4 is 11.6 Å². The summed E-state index contributed by atoms with van der Waals surface area (Å²) in [5, 5.41) is 12.2. The number of anilines is 2. The van der Waals surface area contributed by atoms with E-state index in [1.165, 1.54) is 18.5 Å². The first kappa shape index (κ1) is 16.9. The minimum absolute atomic E-state index is 0.273. The van der Waals surface area contributed by atoms with Crippen LogP contribution in [0.5, 0.6) is 0 Å². The van der Waals surface area contributed by atoms with Crippen molar-refractivity contribution in [3.05, 3.63) is 66.0 Å². The molecular weight excluding hydrogens is 345 g/mol. The summed E-state index contributed by atoms with van der Waals surface area (Å²) in [7, 11) is 1.83. The van der Waals surface area contributed by atoms with Gasteiger partial charge in [0.15, 0.2) is 5.82 Å². The summed E-state index contributed by atoms with van der Waals surface area (Å²) in [4.78, 5) is 8.58. The molecule has 0 saturated carbocycles. The van der Waals surface area contributed by atoms with Crippen molar-refractivity contribution in [1.82, 2.24) is 29.5 Å². The van der Waals surface area contributed by atoms with E-state index in [0.29, 0.717) is 11.6 Å². The fraction of sp³-hybridized carbons (Fsp3) is 0.158. The lowest BCUT2D eigenvalue weighted by Gasteiger charge is -2.07. The molecule has 27 heavy (non-hydrogen) atoms. The normalized spacial score (nSPS) is 11.0. The van der Waals surface area contributed by atoms with E-state index >= 15 is 0 Å². The molecule has 8 heteroatoms. The number of halogens is 1. The van der Waals surface area contributed by atoms with Crippen molar-refractivity contribution < 1.29 is 4.39 Å². The number of aromatic nitrogens is 6. The highest BCUT2D eigenvalue weighted by atomic mass is 19.1. The smallest absolute Gasteiger partial charge is 0.159 e. The Morgan fingerprint density at radius 3 is 2.44 bits per heavy atom. The molecule has 0 bridgehead atoms. The van der Waals surface area contributed by atoms with Crippen molar-refractivity contribution in [3.63, 3.8) is 0 Å². The molecule has 3 heterocycles. The van der Waals surface area contributed by atoms with Crippen LogP contribution in [0.15, 0.2) is 48.8 Å². The van der Waals surface area contributed by atoms with Gasteiger partial charge in [-0.2, -0.15) is 10.2 Å². The third-order valence-electron chi connectivity index (χ3n) is 4.16. The Morgan fingerprint density at radius 2 is 1.74 bits per heavy atom. The fourth-order valence-electron chi connectivity index (χ4n) is 2.87. The largest absolute Gasteiger partial charge is 0.325 e. The van der Waals surface area contributed by atoms with E-state index < -0.39 is 0 Å². The average molecular weight is 363 g/mol.